The lowest BCUT2D eigenvalue weighted by molar-refractivity contribution is 0.360. The summed E-state index contributed by atoms with van der Waals surface area (Å²) in [5, 5.41) is 8.16. The molecule has 2 rings (SSSR count). The van der Waals surface area contributed by atoms with Gasteiger partial charge in [-0.15, -0.1) is 0 Å². The number of likely N-dealkylation sites (N-methyl/N-ethyl adjacent to an activating group) is 1. The molecule has 1 N–H and O–H groups in total. The lowest BCUT2D eigenvalue weighted by Crippen LogP contribution is -2.32. The van der Waals surface area contributed by atoms with Crippen LogP contribution in [0.3, 0.4) is 0 Å². The number of rotatable bonds is 4. The maximum atomic E-state index is 4.64. The van der Waals surface area contributed by atoms with Crippen molar-refractivity contribution in [3.8, 4) is 0 Å². The van der Waals surface area contributed by atoms with E-state index >= 15 is 0 Å². The summed E-state index contributed by atoms with van der Waals surface area (Å²) in [5.41, 5.74) is 2.50. The Kier molecular flexibility index (Phi) is 5.05. The molecule has 1 aromatic rings. The minimum Gasteiger partial charge on any atom is -0.355 e. The van der Waals surface area contributed by atoms with E-state index in [9.17, 15) is 0 Å². The van der Waals surface area contributed by atoms with Crippen LogP contribution in [0.15, 0.2) is 0 Å². The van der Waals surface area contributed by atoms with E-state index in [0.717, 1.165) is 31.9 Å². The van der Waals surface area contributed by atoms with E-state index in [4.69, 9.17) is 0 Å². The summed E-state index contributed by atoms with van der Waals surface area (Å²) in [5.74, 6) is 1.30. The van der Waals surface area contributed by atoms with E-state index in [-0.39, 0.29) is 0 Å². The first kappa shape index (κ1) is 15.3. The molecule has 2 heterocycles. The summed E-state index contributed by atoms with van der Waals surface area (Å²) >= 11 is 0. The van der Waals surface area contributed by atoms with Gasteiger partial charge in [-0.05, 0) is 26.9 Å². The zero-order chi connectivity index (χ0) is 14.7. The zero-order valence-electron chi connectivity index (χ0n) is 13.6. The third-order valence-electron chi connectivity index (χ3n) is 4.02. The van der Waals surface area contributed by atoms with Gasteiger partial charge in [0.1, 0.15) is 5.82 Å². The maximum Gasteiger partial charge on any atom is 0.131 e. The first-order valence-corrected chi connectivity index (χ1v) is 7.68. The summed E-state index contributed by atoms with van der Waals surface area (Å²) in [7, 11) is 4.27. The second-order valence-electron chi connectivity index (χ2n) is 6.19. The SMILES string of the molecule is Cc1nn(C)c(N2CCCN(C)CC2)c1CNC(C)C. The van der Waals surface area contributed by atoms with Crippen molar-refractivity contribution in [1.82, 2.24) is 20.0 Å². The molecule has 0 atom stereocenters. The van der Waals surface area contributed by atoms with Gasteiger partial charge in [-0.2, -0.15) is 5.10 Å². The molecule has 0 unspecified atom stereocenters. The van der Waals surface area contributed by atoms with Crippen LogP contribution in [0.25, 0.3) is 0 Å². The highest BCUT2D eigenvalue weighted by Gasteiger charge is 2.21. The van der Waals surface area contributed by atoms with Gasteiger partial charge in [0.25, 0.3) is 0 Å². The van der Waals surface area contributed by atoms with Gasteiger partial charge in [-0.3, -0.25) is 4.68 Å². The molecule has 1 aromatic heterocycles. The van der Waals surface area contributed by atoms with Crippen molar-refractivity contribution < 1.29 is 0 Å². The summed E-state index contributed by atoms with van der Waals surface area (Å²) < 4.78 is 2.05. The molecule has 0 radical (unpaired) electrons. The summed E-state index contributed by atoms with van der Waals surface area (Å²) in [4.78, 5) is 4.91. The van der Waals surface area contributed by atoms with Crippen LogP contribution in [-0.4, -0.2) is 53.9 Å². The number of aromatic nitrogens is 2. The molecular formula is C15H29N5. The van der Waals surface area contributed by atoms with Crippen LogP contribution in [0.2, 0.25) is 0 Å². The van der Waals surface area contributed by atoms with Crippen LogP contribution in [-0.2, 0) is 13.6 Å². The highest BCUT2D eigenvalue weighted by Crippen LogP contribution is 2.24. The van der Waals surface area contributed by atoms with Gasteiger partial charge in [-0.25, -0.2) is 0 Å². The molecule has 0 aromatic carbocycles. The maximum absolute atomic E-state index is 4.64. The summed E-state index contributed by atoms with van der Waals surface area (Å²) in [6.45, 7) is 11.9. The van der Waals surface area contributed by atoms with Gasteiger partial charge < -0.3 is 15.1 Å². The molecule has 20 heavy (non-hydrogen) atoms. The van der Waals surface area contributed by atoms with Crippen molar-refractivity contribution in [1.29, 1.82) is 0 Å². The van der Waals surface area contributed by atoms with Crippen LogP contribution in [0.5, 0.6) is 0 Å². The van der Waals surface area contributed by atoms with Gasteiger partial charge in [0.2, 0.25) is 0 Å². The molecular weight excluding hydrogens is 250 g/mol. The van der Waals surface area contributed by atoms with E-state index in [1.165, 1.54) is 24.3 Å². The monoisotopic (exact) mass is 279 g/mol. The first-order chi connectivity index (χ1) is 9.49. The van der Waals surface area contributed by atoms with Crippen LogP contribution >= 0.6 is 0 Å². The van der Waals surface area contributed by atoms with Gasteiger partial charge in [0, 0.05) is 44.8 Å². The Balaban J connectivity index is 2.20. The molecule has 0 spiro atoms. The number of hydrogen-bond acceptors (Lipinski definition) is 4. The molecule has 0 amide bonds. The van der Waals surface area contributed by atoms with Crippen LogP contribution in [0.4, 0.5) is 5.82 Å². The fourth-order valence-electron chi connectivity index (χ4n) is 2.86. The van der Waals surface area contributed by atoms with Crippen molar-refractivity contribution in [2.45, 2.75) is 39.8 Å². The average molecular weight is 279 g/mol. The first-order valence-electron chi connectivity index (χ1n) is 7.68. The number of hydrogen-bond donors (Lipinski definition) is 1. The number of nitrogens with zero attached hydrogens (tertiary/aromatic N) is 4. The topological polar surface area (TPSA) is 36.3 Å². The Labute approximate surface area is 122 Å². The second-order valence-corrected chi connectivity index (χ2v) is 6.19. The van der Waals surface area contributed by atoms with Crippen LogP contribution in [0.1, 0.15) is 31.5 Å². The van der Waals surface area contributed by atoms with Crippen molar-refractivity contribution >= 4 is 5.82 Å². The molecule has 5 heteroatoms. The molecule has 0 bridgehead atoms. The quantitative estimate of drug-likeness (QED) is 0.903. The van der Waals surface area contributed by atoms with Gasteiger partial charge in [-0.1, -0.05) is 13.8 Å². The predicted molar refractivity (Wildman–Crippen MR) is 84.2 cm³/mol. The molecule has 114 valence electrons. The van der Waals surface area contributed by atoms with E-state index in [2.05, 4.69) is 59.8 Å². The van der Waals surface area contributed by atoms with E-state index < -0.39 is 0 Å². The Hall–Kier alpha value is -1.07. The minimum atomic E-state index is 0.498. The lowest BCUT2D eigenvalue weighted by atomic mass is 10.2. The van der Waals surface area contributed by atoms with Crippen LogP contribution in [0, 0.1) is 6.92 Å². The average Bonchev–Trinajstić information content (AvgIpc) is 2.53. The minimum absolute atomic E-state index is 0.498. The van der Waals surface area contributed by atoms with Crippen LogP contribution < -0.4 is 10.2 Å². The number of anilines is 1. The third-order valence-corrected chi connectivity index (χ3v) is 4.02. The Bertz CT molecular complexity index is 438. The normalized spacial score (nSPS) is 17.8. The Morgan fingerprint density at radius 2 is 1.90 bits per heavy atom. The molecule has 1 aliphatic rings. The fraction of sp³-hybridized carbons (Fsp3) is 0.800. The molecule has 1 saturated heterocycles. The lowest BCUT2D eigenvalue weighted by Gasteiger charge is -2.24. The summed E-state index contributed by atoms with van der Waals surface area (Å²) in [6.07, 6.45) is 1.22. The smallest absolute Gasteiger partial charge is 0.131 e. The van der Waals surface area contributed by atoms with E-state index in [1.54, 1.807) is 0 Å². The second kappa shape index (κ2) is 6.59. The number of aryl methyl sites for hydroxylation is 2. The van der Waals surface area contributed by atoms with Crippen molar-refractivity contribution in [2.24, 2.45) is 7.05 Å². The third kappa shape index (κ3) is 3.52. The zero-order valence-corrected chi connectivity index (χ0v) is 13.6. The molecule has 5 nitrogen and oxygen atoms in total. The predicted octanol–water partition coefficient (Wildman–Crippen LogP) is 1.37. The standard InChI is InChI=1S/C15H29N5/c1-12(2)16-11-14-13(3)17-19(5)15(14)20-8-6-7-18(4)9-10-20/h12,16H,6-11H2,1-5H3. The molecule has 1 fully saturated rings. The Morgan fingerprint density at radius 3 is 2.60 bits per heavy atom. The molecule has 0 saturated carbocycles. The summed E-state index contributed by atoms with van der Waals surface area (Å²) in [6, 6.07) is 0.498. The van der Waals surface area contributed by atoms with E-state index in [0.29, 0.717) is 6.04 Å². The van der Waals surface area contributed by atoms with Crippen molar-refractivity contribution in [3.05, 3.63) is 11.3 Å². The molecule has 0 aliphatic carbocycles. The Morgan fingerprint density at radius 1 is 1.15 bits per heavy atom. The fourth-order valence-corrected chi connectivity index (χ4v) is 2.86. The largest absolute Gasteiger partial charge is 0.355 e. The van der Waals surface area contributed by atoms with Gasteiger partial charge >= 0.3 is 0 Å². The highest BCUT2D eigenvalue weighted by molar-refractivity contribution is 5.50. The van der Waals surface area contributed by atoms with Crippen molar-refractivity contribution in [2.75, 3.05) is 38.1 Å². The molecule has 1 aliphatic heterocycles. The van der Waals surface area contributed by atoms with E-state index in [1.807, 2.05) is 0 Å². The number of nitrogens with one attached hydrogen (secondary N) is 1. The van der Waals surface area contributed by atoms with Gasteiger partial charge in [0.15, 0.2) is 0 Å². The van der Waals surface area contributed by atoms with Gasteiger partial charge in [0.05, 0.1) is 5.69 Å². The highest BCUT2D eigenvalue weighted by atomic mass is 15.4. The van der Waals surface area contributed by atoms with Crippen molar-refractivity contribution in [3.63, 3.8) is 0 Å².